The molecule has 1 aromatic rings. The fraction of sp³-hybridized carbons (Fsp3) is 0.417. The number of benzene rings is 1. The first-order valence-corrected chi connectivity index (χ1v) is 6.17. The summed E-state index contributed by atoms with van der Waals surface area (Å²) >= 11 is 3.52. The molecule has 0 spiro atoms. The summed E-state index contributed by atoms with van der Waals surface area (Å²) in [5.74, 6) is 0.454. The average Bonchev–Trinajstić information content (AvgIpc) is 2.70. The zero-order valence-corrected chi connectivity index (χ0v) is 10.5. The normalized spacial score (nSPS) is 20.1. The van der Waals surface area contributed by atoms with Crippen LogP contribution in [0.2, 0.25) is 0 Å². The largest absolute Gasteiger partial charge is 0.465 e. The lowest BCUT2D eigenvalue weighted by molar-refractivity contribution is 0.154. The lowest BCUT2D eigenvalue weighted by Gasteiger charge is -2.12. The van der Waals surface area contributed by atoms with Gasteiger partial charge in [0.05, 0.1) is 0 Å². The monoisotopic (exact) mass is 283 g/mol. The quantitative estimate of drug-likeness (QED) is 0.907. The van der Waals surface area contributed by atoms with Crippen molar-refractivity contribution in [2.24, 2.45) is 5.92 Å². The van der Waals surface area contributed by atoms with Gasteiger partial charge in [0, 0.05) is 17.6 Å². The minimum absolute atomic E-state index is 0.454. The van der Waals surface area contributed by atoms with Crippen LogP contribution in [0.25, 0.3) is 0 Å². The number of hydrogen-bond acceptors (Lipinski definition) is 1. The Morgan fingerprint density at radius 2 is 2.25 bits per heavy atom. The maximum absolute atomic E-state index is 10.8. The van der Waals surface area contributed by atoms with Crippen molar-refractivity contribution >= 4 is 22.0 Å². The van der Waals surface area contributed by atoms with Gasteiger partial charge in [0.2, 0.25) is 0 Å². The molecule has 86 valence electrons. The SMILES string of the molecule is O=C(O)N1CC[C@@H](Cc2ccccc2Br)C1. The highest BCUT2D eigenvalue weighted by Crippen LogP contribution is 2.24. The lowest BCUT2D eigenvalue weighted by Crippen LogP contribution is -2.26. The van der Waals surface area contributed by atoms with Crippen molar-refractivity contribution in [1.29, 1.82) is 0 Å². The average molecular weight is 284 g/mol. The first-order valence-electron chi connectivity index (χ1n) is 5.38. The molecule has 1 saturated heterocycles. The summed E-state index contributed by atoms with van der Waals surface area (Å²) in [6.45, 7) is 1.33. The first-order chi connectivity index (χ1) is 7.66. The zero-order chi connectivity index (χ0) is 11.5. The van der Waals surface area contributed by atoms with Crippen LogP contribution in [0.5, 0.6) is 0 Å². The van der Waals surface area contributed by atoms with Crippen LogP contribution >= 0.6 is 15.9 Å². The number of amides is 1. The molecule has 4 heteroatoms. The molecular formula is C12H14BrNO2. The molecule has 1 amide bonds. The molecule has 0 aliphatic carbocycles. The van der Waals surface area contributed by atoms with Gasteiger partial charge < -0.3 is 10.0 Å². The van der Waals surface area contributed by atoms with Crippen LogP contribution < -0.4 is 0 Å². The van der Waals surface area contributed by atoms with Gasteiger partial charge >= 0.3 is 6.09 Å². The van der Waals surface area contributed by atoms with Gasteiger partial charge in [0.25, 0.3) is 0 Å². The maximum Gasteiger partial charge on any atom is 0.407 e. The number of carboxylic acid groups (broad SMARTS) is 1. The molecule has 0 saturated carbocycles. The predicted molar refractivity (Wildman–Crippen MR) is 65.6 cm³/mol. The van der Waals surface area contributed by atoms with Gasteiger partial charge in [-0.05, 0) is 30.4 Å². The summed E-state index contributed by atoms with van der Waals surface area (Å²) in [5.41, 5.74) is 1.26. The van der Waals surface area contributed by atoms with E-state index in [-0.39, 0.29) is 0 Å². The van der Waals surface area contributed by atoms with E-state index in [0.717, 1.165) is 17.3 Å². The Bertz CT molecular complexity index is 394. The Labute approximate surface area is 103 Å². The molecule has 1 heterocycles. The fourth-order valence-electron chi connectivity index (χ4n) is 2.15. The van der Waals surface area contributed by atoms with Gasteiger partial charge in [-0.25, -0.2) is 4.79 Å². The molecular weight excluding hydrogens is 270 g/mol. The molecule has 1 aromatic carbocycles. The molecule has 1 aliphatic rings. The second-order valence-corrected chi connectivity index (χ2v) is 5.03. The zero-order valence-electron chi connectivity index (χ0n) is 8.90. The van der Waals surface area contributed by atoms with E-state index < -0.39 is 6.09 Å². The highest BCUT2D eigenvalue weighted by Gasteiger charge is 2.26. The molecule has 1 atom stereocenters. The molecule has 0 aromatic heterocycles. The Hall–Kier alpha value is -1.03. The van der Waals surface area contributed by atoms with E-state index in [9.17, 15) is 4.79 Å². The Balaban J connectivity index is 1.97. The van der Waals surface area contributed by atoms with E-state index in [4.69, 9.17) is 5.11 Å². The third-order valence-electron chi connectivity index (χ3n) is 3.02. The number of nitrogens with zero attached hydrogens (tertiary/aromatic N) is 1. The van der Waals surface area contributed by atoms with Gasteiger partial charge in [-0.15, -0.1) is 0 Å². The molecule has 1 N–H and O–H groups in total. The Kier molecular flexibility index (Phi) is 3.49. The third-order valence-corrected chi connectivity index (χ3v) is 3.80. The van der Waals surface area contributed by atoms with Crippen molar-refractivity contribution in [3.05, 3.63) is 34.3 Å². The van der Waals surface area contributed by atoms with Crippen LogP contribution in [0.15, 0.2) is 28.7 Å². The van der Waals surface area contributed by atoms with Gasteiger partial charge in [0.1, 0.15) is 0 Å². The van der Waals surface area contributed by atoms with Crippen molar-refractivity contribution in [3.63, 3.8) is 0 Å². The van der Waals surface area contributed by atoms with Gasteiger partial charge in [-0.2, -0.15) is 0 Å². The van der Waals surface area contributed by atoms with E-state index in [1.165, 1.54) is 10.5 Å². The Morgan fingerprint density at radius 1 is 1.50 bits per heavy atom. The summed E-state index contributed by atoms with van der Waals surface area (Å²) in [6.07, 6.45) is 1.12. The summed E-state index contributed by atoms with van der Waals surface area (Å²) in [6, 6.07) is 8.13. The lowest BCUT2D eigenvalue weighted by atomic mass is 9.99. The summed E-state index contributed by atoms with van der Waals surface area (Å²) in [4.78, 5) is 12.3. The van der Waals surface area contributed by atoms with Crippen molar-refractivity contribution in [2.75, 3.05) is 13.1 Å². The number of likely N-dealkylation sites (tertiary alicyclic amines) is 1. The van der Waals surface area contributed by atoms with E-state index in [1.807, 2.05) is 18.2 Å². The minimum Gasteiger partial charge on any atom is -0.465 e. The van der Waals surface area contributed by atoms with E-state index in [2.05, 4.69) is 22.0 Å². The van der Waals surface area contributed by atoms with Gasteiger partial charge in [0.15, 0.2) is 0 Å². The van der Waals surface area contributed by atoms with E-state index in [0.29, 0.717) is 19.0 Å². The first kappa shape index (κ1) is 11.5. The van der Waals surface area contributed by atoms with Crippen LogP contribution in [-0.2, 0) is 6.42 Å². The van der Waals surface area contributed by atoms with Crippen molar-refractivity contribution < 1.29 is 9.90 Å². The topological polar surface area (TPSA) is 40.5 Å². The smallest absolute Gasteiger partial charge is 0.407 e. The maximum atomic E-state index is 10.8. The number of carbonyl (C=O) groups is 1. The van der Waals surface area contributed by atoms with Gasteiger partial charge in [-0.3, -0.25) is 0 Å². The van der Waals surface area contributed by atoms with E-state index in [1.54, 1.807) is 0 Å². The molecule has 0 bridgehead atoms. The number of hydrogen-bond donors (Lipinski definition) is 1. The summed E-state index contributed by atoms with van der Waals surface area (Å²) < 4.78 is 1.11. The molecule has 1 fully saturated rings. The van der Waals surface area contributed by atoms with Crippen LogP contribution in [0.3, 0.4) is 0 Å². The second-order valence-electron chi connectivity index (χ2n) is 4.18. The highest BCUT2D eigenvalue weighted by molar-refractivity contribution is 9.10. The molecule has 16 heavy (non-hydrogen) atoms. The van der Waals surface area contributed by atoms with Crippen molar-refractivity contribution in [1.82, 2.24) is 4.90 Å². The fourth-order valence-corrected chi connectivity index (χ4v) is 2.59. The third kappa shape index (κ3) is 2.55. The van der Waals surface area contributed by atoms with E-state index >= 15 is 0 Å². The Morgan fingerprint density at radius 3 is 2.88 bits per heavy atom. The van der Waals surface area contributed by atoms with Crippen LogP contribution in [0.4, 0.5) is 4.79 Å². The predicted octanol–water partition coefficient (Wildman–Crippen LogP) is 2.99. The van der Waals surface area contributed by atoms with Crippen LogP contribution in [0, 0.1) is 5.92 Å². The molecule has 0 unspecified atom stereocenters. The van der Waals surface area contributed by atoms with Crippen molar-refractivity contribution in [3.8, 4) is 0 Å². The number of rotatable bonds is 2. The minimum atomic E-state index is -0.797. The number of halogens is 1. The standard InChI is InChI=1S/C12H14BrNO2/c13-11-4-2-1-3-10(11)7-9-5-6-14(8-9)12(15)16/h1-4,9H,5-8H2,(H,15,16)/t9-/m0/s1. The van der Waals surface area contributed by atoms with Crippen LogP contribution in [0.1, 0.15) is 12.0 Å². The van der Waals surface area contributed by atoms with Gasteiger partial charge in [-0.1, -0.05) is 34.1 Å². The molecule has 0 radical (unpaired) electrons. The molecule has 1 aliphatic heterocycles. The molecule has 2 rings (SSSR count). The van der Waals surface area contributed by atoms with Crippen LogP contribution in [-0.4, -0.2) is 29.2 Å². The highest BCUT2D eigenvalue weighted by atomic mass is 79.9. The van der Waals surface area contributed by atoms with Crippen molar-refractivity contribution in [2.45, 2.75) is 12.8 Å². The second kappa shape index (κ2) is 4.87. The molecule has 3 nitrogen and oxygen atoms in total. The summed E-state index contributed by atoms with van der Waals surface area (Å²) in [7, 11) is 0. The summed E-state index contributed by atoms with van der Waals surface area (Å²) in [5, 5.41) is 8.87.